The molecule has 2 aliphatic heterocycles. The number of anilines is 3. The molecule has 0 saturated carbocycles. The standard InChI is InChI=1S/C47H49N7O7Si/c1-30-44(62(3,4)38-20-18-37(60-2)19-21-38)43(23-24-52-28-41(50-51-52)39(29-55)32-10-6-5-7-11-32)61-47(30)40-26-36(54(58)59)17-22-42(40)53(46(47)57)27-31-9-8-12-35(25-31)49-45(56)33-13-15-34(48)16-14-33/h5-22,25-26,28,30,39,43-44,55H,23-24,27,29,48H2,1-4H3,(H,49,56)/t30-,39?,43+,44-,47+/m0/s1. The molecule has 6 aromatic rings. The number of hydrogen-bond acceptors (Lipinski definition) is 10. The van der Waals surface area contributed by atoms with Crippen LogP contribution in [0.15, 0.2) is 128 Å². The molecular weight excluding hydrogens is 803 g/mol. The van der Waals surface area contributed by atoms with E-state index in [1.807, 2.05) is 73.8 Å². The van der Waals surface area contributed by atoms with E-state index < -0.39 is 30.6 Å². The summed E-state index contributed by atoms with van der Waals surface area (Å²) in [5, 5.41) is 35.6. The Bertz CT molecular complexity index is 2600. The second kappa shape index (κ2) is 17.0. The number of aliphatic hydroxyl groups is 1. The minimum Gasteiger partial charge on any atom is -0.497 e. The van der Waals surface area contributed by atoms with Crippen molar-refractivity contribution in [2.24, 2.45) is 5.92 Å². The maximum atomic E-state index is 15.4. The lowest BCUT2D eigenvalue weighted by atomic mass is 9.82. The Labute approximate surface area is 360 Å². The summed E-state index contributed by atoms with van der Waals surface area (Å²) in [6.07, 6.45) is 1.84. The first kappa shape index (κ1) is 42.0. The molecule has 2 aliphatic rings. The van der Waals surface area contributed by atoms with Gasteiger partial charge in [-0.05, 0) is 77.7 Å². The number of nitro benzene ring substituents is 1. The molecule has 2 amide bonds. The Balaban J connectivity index is 1.14. The van der Waals surface area contributed by atoms with Crippen molar-refractivity contribution in [2.75, 3.05) is 29.7 Å². The van der Waals surface area contributed by atoms with Crippen LogP contribution in [-0.2, 0) is 28.2 Å². The second-order valence-corrected chi connectivity index (χ2v) is 21.3. The molecule has 5 aromatic carbocycles. The summed E-state index contributed by atoms with van der Waals surface area (Å²) in [6, 6.07) is 36.2. The molecular formula is C47H49N7O7Si. The highest BCUT2D eigenvalue weighted by Gasteiger charge is 2.66. The molecule has 0 bridgehead atoms. The summed E-state index contributed by atoms with van der Waals surface area (Å²) in [5.41, 5.74) is 8.82. The van der Waals surface area contributed by atoms with Gasteiger partial charge in [-0.25, -0.2) is 0 Å². The Morgan fingerprint density at radius 1 is 1.02 bits per heavy atom. The number of hydrogen-bond donors (Lipinski definition) is 3. The number of nitro groups is 1. The van der Waals surface area contributed by atoms with Gasteiger partial charge in [0.05, 0.1) is 56.7 Å². The quantitative estimate of drug-likeness (QED) is 0.0446. The Kier molecular flexibility index (Phi) is 11.5. The summed E-state index contributed by atoms with van der Waals surface area (Å²) >= 11 is 0. The van der Waals surface area contributed by atoms with Gasteiger partial charge in [-0.2, -0.15) is 0 Å². The van der Waals surface area contributed by atoms with Gasteiger partial charge in [-0.15, -0.1) is 5.10 Å². The number of fused-ring (bicyclic) bond motifs is 2. The number of benzene rings is 5. The first-order valence-electron chi connectivity index (χ1n) is 20.6. The number of aryl methyl sites for hydroxylation is 1. The topological polar surface area (TPSA) is 188 Å². The molecule has 3 heterocycles. The third-order valence-electron chi connectivity index (χ3n) is 12.7. The number of aromatic nitrogens is 3. The predicted octanol–water partition coefficient (Wildman–Crippen LogP) is 7.01. The Morgan fingerprint density at radius 3 is 2.45 bits per heavy atom. The van der Waals surface area contributed by atoms with Crippen LogP contribution in [-0.4, -0.2) is 64.7 Å². The van der Waals surface area contributed by atoms with Gasteiger partial charge in [-0.3, -0.25) is 24.4 Å². The number of carbonyl (C=O) groups excluding carboxylic acids is 2. The van der Waals surface area contributed by atoms with Crippen LogP contribution in [0.4, 0.5) is 22.7 Å². The third-order valence-corrected chi connectivity index (χ3v) is 17.0. The maximum Gasteiger partial charge on any atom is 0.269 e. The van der Waals surface area contributed by atoms with Crippen LogP contribution in [0.2, 0.25) is 18.6 Å². The average Bonchev–Trinajstić information content (AvgIpc) is 3.93. The highest BCUT2D eigenvalue weighted by Crippen LogP contribution is 2.60. The highest BCUT2D eigenvalue weighted by molar-refractivity contribution is 6.91. The van der Waals surface area contributed by atoms with Gasteiger partial charge < -0.3 is 30.5 Å². The molecule has 15 heteroatoms. The van der Waals surface area contributed by atoms with Crippen molar-refractivity contribution in [3.63, 3.8) is 0 Å². The zero-order chi connectivity index (χ0) is 43.8. The molecule has 14 nitrogen and oxygen atoms in total. The molecule has 0 aliphatic carbocycles. The number of rotatable bonds is 14. The van der Waals surface area contributed by atoms with Gasteiger partial charge in [0, 0.05) is 53.3 Å². The third kappa shape index (κ3) is 7.74. The van der Waals surface area contributed by atoms with E-state index >= 15 is 4.79 Å². The van der Waals surface area contributed by atoms with Crippen molar-refractivity contribution >= 4 is 47.8 Å². The van der Waals surface area contributed by atoms with E-state index in [-0.39, 0.29) is 42.1 Å². The summed E-state index contributed by atoms with van der Waals surface area (Å²) in [5.74, 6) is -0.641. The fraction of sp³-hybridized carbons (Fsp3) is 0.277. The van der Waals surface area contributed by atoms with Crippen molar-refractivity contribution in [3.05, 3.63) is 166 Å². The molecule has 1 fully saturated rings. The van der Waals surface area contributed by atoms with Crippen LogP contribution in [0.5, 0.6) is 5.75 Å². The van der Waals surface area contributed by atoms with E-state index in [0.717, 1.165) is 22.1 Å². The highest BCUT2D eigenvalue weighted by atomic mass is 28.3. The van der Waals surface area contributed by atoms with Gasteiger partial charge in [0.25, 0.3) is 17.5 Å². The number of ether oxygens (including phenoxy) is 2. The summed E-state index contributed by atoms with van der Waals surface area (Å²) in [6.45, 7) is 6.99. The van der Waals surface area contributed by atoms with Crippen LogP contribution in [0.3, 0.4) is 0 Å². The number of nitrogen functional groups attached to an aromatic ring is 1. The molecule has 1 spiro atoms. The lowest BCUT2D eigenvalue weighted by molar-refractivity contribution is -0.385. The van der Waals surface area contributed by atoms with Gasteiger partial charge >= 0.3 is 0 Å². The van der Waals surface area contributed by atoms with Crippen LogP contribution >= 0.6 is 0 Å². The summed E-state index contributed by atoms with van der Waals surface area (Å²) < 4.78 is 14.5. The number of aliphatic hydroxyl groups excluding tert-OH is 1. The predicted molar refractivity (Wildman–Crippen MR) is 239 cm³/mol. The van der Waals surface area contributed by atoms with Gasteiger partial charge in [0.15, 0.2) is 5.60 Å². The molecule has 5 atom stereocenters. The Morgan fingerprint density at radius 2 is 1.76 bits per heavy atom. The maximum absolute atomic E-state index is 15.4. The molecule has 1 unspecified atom stereocenters. The largest absolute Gasteiger partial charge is 0.497 e. The van der Waals surface area contributed by atoms with Crippen molar-refractivity contribution in [1.29, 1.82) is 0 Å². The van der Waals surface area contributed by atoms with Gasteiger partial charge in [0.2, 0.25) is 0 Å². The second-order valence-electron chi connectivity index (χ2n) is 16.6. The molecule has 1 saturated heterocycles. The zero-order valence-electron chi connectivity index (χ0n) is 35.0. The lowest BCUT2D eigenvalue weighted by Crippen LogP contribution is -2.51. The van der Waals surface area contributed by atoms with E-state index in [1.54, 1.807) is 53.1 Å². The molecule has 62 heavy (non-hydrogen) atoms. The van der Waals surface area contributed by atoms with Crippen LogP contribution in [0.1, 0.15) is 52.0 Å². The normalized spacial score (nSPS) is 20.0. The fourth-order valence-corrected chi connectivity index (χ4v) is 13.6. The van der Waals surface area contributed by atoms with E-state index in [1.165, 1.54) is 12.1 Å². The molecule has 1 aromatic heterocycles. The van der Waals surface area contributed by atoms with Gasteiger partial charge in [-0.1, -0.05) is 85.0 Å². The first-order valence-corrected chi connectivity index (χ1v) is 23.7. The average molecular weight is 852 g/mol. The first-order chi connectivity index (χ1) is 29.8. The van der Waals surface area contributed by atoms with Gasteiger partial charge in [0.1, 0.15) is 5.75 Å². The van der Waals surface area contributed by atoms with Crippen molar-refractivity contribution in [3.8, 4) is 5.75 Å². The number of nitrogens with zero attached hydrogens (tertiary/aromatic N) is 5. The number of methoxy groups -OCH3 is 1. The summed E-state index contributed by atoms with van der Waals surface area (Å²) in [7, 11) is -0.921. The van der Waals surface area contributed by atoms with E-state index in [0.29, 0.717) is 46.8 Å². The Hall–Kier alpha value is -6.68. The van der Waals surface area contributed by atoms with Crippen LogP contribution in [0, 0.1) is 16.0 Å². The number of nitrogens with two attached hydrogens (primary N) is 1. The summed E-state index contributed by atoms with van der Waals surface area (Å²) in [4.78, 5) is 42.0. The number of nitrogens with one attached hydrogen (secondary N) is 1. The number of amides is 2. The van der Waals surface area contributed by atoms with E-state index in [4.69, 9.17) is 15.2 Å². The molecule has 318 valence electrons. The van der Waals surface area contributed by atoms with Crippen molar-refractivity contribution in [1.82, 2.24) is 15.0 Å². The smallest absolute Gasteiger partial charge is 0.269 e. The minimum atomic E-state index is -2.55. The lowest BCUT2D eigenvalue weighted by Gasteiger charge is -2.37. The minimum absolute atomic E-state index is 0.122. The molecule has 4 N–H and O–H groups in total. The number of non-ortho nitro benzene ring substituents is 1. The van der Waals surface area contributed by atoms with Crippen molar-refractivity contribution in [2.45, 2.75) is 62.7 Å². The SMILES string of the molecule is COc1ccc([Si](C)(C)[C@@H]2[C@@H](CCn3cc(C(CO)c4ccccc4)nn3)O[C@]3(C(=O)N(Cc4cccc(NC(=O)c5ccc(N)cc5)c4)c4ccc([N+](=O)[O-])cc43)[C@H]2C)cc1. The number of carbonyl (C=O) groups is 2. The molecule has 0 radical (unpaired) electrons. The molecule has 8 rings (SSSR count). The van der Waals surface area contributed by atoms with E-state index in [9.17, 15) is 20.0 Å². The monoisotopic (exact) mass is 851 g/mol. The van der Waals surface area contributed by atoms with Crippen molar-refractivity contribution < 1.29 is 29.1 Å². The van der Waals surface area contributed by atoms with Crippen LogP contribution in [0.25, 0.3) is 0 Å². The van der Waals surface area contributed by atoms with E-state index in [2.05, 4.69) is 40.9 Å². The van der Waals surface area contributed by atoms with Crippen LogP contribution < -0.4 is 25.9 Å². The fourth-order valence-electron chi connectivity index (χ4n) is 9.51. The zero-order valence-corrected chi connectivity index (χ0v) is 36.0.